The number of carbonyl (C=O) groups is 1. The first kappa shape index (κ1) is 18.6. The number of aromatic nitrogens is 2. The fourth-order valence-corrected chi connectivity index (χ4v) is 4.22. The van der Waals surface area contributed by atoms with Gasteiger partial charge in [-0.2, -0.15) is 0 Å². The van der Waals surface area contributed by atoms with Crippen LogP contribution in [0.2, 0.25) is 0 Å². The Hall–Kier alpha value is -3.47. The minimum absolute atomic E-state index is 0.0656. The zero-order valence-corrected chi connectivity index (χ0v) is 16.6. The predicted octanol–water partition coefficient (Wildman–Crippen LogP) is 4.72. The third-order valence-corrected chi connectivity index (χ3v) is 5.93. The van der Waals surface area contributed by atoms with E-state index in [1.54, 1.807) is 12.1 Å². The predicted molar refractivity (Wildman–Crippen MR) is 114 cm³/mol. The van der Waals surface area contributed by atoms with E-state index in [2.05, 4.69) is 5.32 Å². The van der Waals surface area contributed by atoms with E-state index >= 15 is 0 Å². The van der Waals surface area contributed by atoms with E-state index in [-0.39, 0.29) is 29.6 Å². The molecule has 1 fully saturated rings. The molecule has 1 N–H and O–H groups in total. The summed E-state index contributed by atoms with van der Waals surface area (Å²) in [5.41, 5.74) is 3.49. The second-order valence-corrected chi connectivity index (χ2v) is 7.84. The van der Waals surface area contributed by atoms with Gasteiger partial charge in [0.15, 0.2) is 0 Å². The van der Waals surface area contributed by atoms with Gasteiger partial charge < -0.3 is 9.88 Å². The van der Waals surface area contributed by atoms with Crippen molar-refractivity contribution in [2.75, 3.05) is 0 Å². The molecule has 1 aliphatic rings. The summed E-state index contributed by atoms with van der Waals surface area (Å²) in [5.74, 6) is 0.182. The monoisotopic (exact) mass is 399 g/mol. The summed E-state index contributed by atoms with van der Waals surface area (Å²) in [4.78, 5) is 17.9. The Kier molecular flexibility index (Phi) is 4.58. The van der Waals surface area contributed by atoms with Crippen LogP contribution in [0.15, 0.2) is 78.9 Å². The van der Waals surface area contributed by atoms with Crippen LogP contribution in [0, 0.1) is 11.7 Å². The van der Waals surface area contributed by atoms with Gasteiger partial charge in [-0.3, -0.25) is 4.79 Å². The molecule has 4 nitrogen and oxygen atoms in total. The van der Waals surface area contributed by atoms with Crippen molar-refractivity contribution >= 4 is 16.9 Å². The van der Waals surface area contributed by atoms with Crippen LogP contribution in [0.1, 0.15) is 35.3 Å². The number of rotatable bonds is 5. The Balaban J connectivity index is 1.46. The second kappa shape index (κ2) is 7.41. The average molecular weight is 399 g/mol. The normalized spacial score (nSPS) is 18.9. The molecule has 1 aromatic heterocycles. The van der Waals surface area contributed by atoms with Gasteiger partial charge in [0.25, 0.3) is 0 Å². The van der Waals surface area contributed by atoms with E-state index in [1.807, 2.05) is 72.3 Å². The number of hydrogen-bond donors (Lipinski definition) is 1. The molecule has 30 heavy (non-hydrogen) atoms. The van der Waals surface area contributed by atoms with Crippen LogP contribution >= 0.6 is 0 Å². The molecular formula is C25H22FN3O. The lowest BCUT2D eigenvalue weighted by Crippen LogP contribution is -2.32. The van der Waals surface area contributed by atoms with Crippen molar-refractivity contribution in [2.45, 2.75) is 18.4 Å². The van der Waals surface area contributed by atoms with Gasteiger partial charge in [0.2, 0.25) is 5.91 Å². The molecule has 5 rings (SSSR count). The maximum atomic E-state index is 14.1. The summed E-state index contributed by atoms with van der Waals surface area (Å²) in [7, 11) is 1.96. The Labute approximate surface area is 174 Å². The lowest BCUT2D eigenvalue weighted by atomic mass is 10.0. The summed E-state index contributed by atoms with van der Waals surface area (Å²) in [6.45, 7) is 0. The number of imidazole rings is 1. The van der Waals surface area contributed by atoms with Crippen molar-refractivity contribution in [2.24, 2.45) is 13.0 Å². The van der Waals surface area contributed by atoms with E-state index < -0.39 is 0 Å². The van der Waals surface area contributed by atoms with E-state index in [4.69, 9.17) is 4.98 Å². The number of halogens is 1. The zero-order valence-electron chi connectivity index (χ0n) is 16.6. The van der Waals surface area contributed by atoms with E-state index in [9.17, 15) is 9.18 Å². The third kappa shape index (κ3) is 3.26. The molecule has 3 unspecified atom stereocenters. The largest absolute Gasteiger partial charge is 0.342 e. The van der Waals surface area contributed by atoms with Gasteiger partial charge in [-0.05, 0) is 41.7 Å². The van der Waals surface area contributed by atoms with Crippen LogP contribution in [0.4, 0.5) is 4.39 Å². The van der Waals surface area contributed by atoms with Gasteiger partial charge >= 0.3 is 0 Å². The van der Waals surface area contributed by atoms with E-state index in [1.165, 1.54) is 6.07 Å². The minimum atomic E-state index is -0.377. The minimum Gasteiger partial charge on any atom is -0.342 e. The molecule has 0 bridgehead atoms. The van der Waals surface area contributed by atoms with Crippen molar-refractivity contribution in [1.82, 2.24) is 14.9 Å². The molecule has 0 aliphatic heterocycles. The highest BCUT2D eigenvalue weighted by atomic mass is 19.1. The summed E-state index contributed by atoms with van der Waals surface area (Å²) in [6.07, 6.45) is 0.664. The van der Waals surface area contributed by atoms with Gasteiger partial charge in [-0.15, -0.1) is 0 Å². The Morgan fingerprint density at radius 2 is 1.73 bits per heavy atom. The first-order valence-corrected chi connectivity index (χ1v) is 10.1. The Morgan fingerprint density at radius 3 is 2.50 bits per heavy atom. The van der Waals surface area contributed by atoms with Crippen LogP contribution in [0.3, 0.4) is 0 Å². The highest BCUT2D eigenvalue weighted by Gasteiger charge is 2.46. The van der Waals surface area contributed by atoms with E-state index in [0.717, 1.165) is 22.4 Å². The zero-order chi connectivity index (χ0) is 20.7. The van der Waals surface area contributed by atoms with Crippen LogP contribution in [0.25, 0.3) is 11.0 Å². The summed E-state index contributed by atoms with van der Waals surface area (Å²) >= 11 is 0. The Bertz CT molecular complexity index is 1220. The van der Waals surface area contributed by atoms with Crippen molar-refractivity contribution in [3.63, 3.8) is 0 Å². The smallest absolute Gasteiger partial charge is 0.224 e. The lowest BCUT2D eigenvalue weighted by Gasteiger charge is -2.19. The van der Waals surface area contributed by atoms with Crippen molar-refractivity contribution < 1.29 is 9.18 Å². The molecule has 1 heterocycles. The third-order valence-electron chi connectivity index (χ3n) is 5.93. The molecule has 1 saturated carbocycles. The summed E-state index contributed by atoms with van der Waals surface area (Å²) in [6, 6.07) is 24.1. The molecular weight excluding hydrogens is 377 g/mol. The summed E-state index contributed by atoms with van der Waals surface area (Å²) in [5, 5.41) is 3.19. The molecule has 1 amide bonds. The molecule has 0 saturated heterocycles. The lowest BCUT2D eigenvalue weighted by molar-refractivity contribution is -0.123. The van der Waals surface area contributed by atoms with Gasteiger partial charge in [0, 0.05) is 13.0 Å². The number of carbonyl (C=O) groups excluding carboxylic acids is 1. The highest BCUT2D eigenvalue weighted by molar-refractivity contribution is 5.84. The van der Waals surface area contributed by atoms with Gasteiger partial charge in [0.1, 0.15) is 17.7 Å². The number of nitrogens with zero attached hydrogens (tertiary/aromatic N) is 2. The molecule has 3 atom stereocenters. The van der Waals surface area contributed by atoms with Crippen LogP contribution in [-0.4, -0.2) is 15.5 Å². The second-order valence-electron chi connectivity index (χ2n) is 7.84. The number of para-hydroxylation sites is 2. The molecule has 4 aromatic rings. The number of hydrogen-bond acceptors (Lipinski definition) is 2. The first-order chi connectivity index (χ1) is 14.6. The number of amides is 1. The molecule has 3 aromatic carbocycles. The first-order valence-electron chi connectivity index (χ1n) is 10.1. The van der Waals surface area contributed by atoms with Gasteiger partial charge in [-0.1, -0.05) is 60.7 Å². The van der Waals surface area contributed by atoms with Crippen LogP contribution < -0.4 is 5.32 Å². The quantitative estimate of drug-likeness (QED) is 0.528. The van der Waals surface area contributed by atoms with Crippen molar-refractivity contribution in [1.29, 1.82) is 0 Å². The standard InChI is InChI=1S/C25H22FN3O/c1-29-22-14-8-7-13-21(22)27-24(29)23(16-9-3-2-4-10-16)28-25(30)19-15-18(19)17-11-5-6-12-20(17)26/h2-14,18-19,23H,15H2,1H3,(H,28,30). The fraction of sp³-hybridized carbons (Fsp3) is 0.200. The van der Waals surface area contributed by atoms with Crippen molar-refractivity contribution in [3.05, 3.63) is 102 Å². The maximum Gasteiger partial charge on any atom is 0.224 e. The molecule has 1 aliphatic carbocycles. The highest BCUT2D eigenvalue weighted by Crippen LogP contribution is 2.48. The molecule has 0 spiro atoms. The van der Waals surface area contributed by atoms with E-state index in [0.29, 0.717) is 12.0 Å². The fourth-order valence-electron chi connectivity index (χ4n) is 4.22. The number of nitrogens with one attached hydrogen (secondary N) is 1. The molecule has 5 heteroatoms. The van der Waals surface area contributed by atoms with Gasteiger partial charge in [0.05, 0.1) is 11.0 Å². The topological polar surface area (TPSA) is 46.9 Å². The SMILES string of the molecule is Cn1c(C(NC(=O)C2CC2c2ccccc2F)c2ccccc2)nc2ccccc21. The number of fused-ring (bicyclic) bond motifs is 1. The van der Waals surface area contributed by atoms with Crippen molar-refractivity contribution in [3.8, 4) is 0 Å². The Morgan fingerprint density at radius 1 is 1.03 bits per heavy atom. The maximum absolute atomic E-state index is 14.1. The molecule has 0 radical (unpaired) electrons. The number of benzene rings is 3. The molecule has 150 valence electrons. The van der Waals surface area contributed by atoms with Gasteiger partial charge in [-0.25, -0.2) is 9.37 Å². The average Bonchev–Trinajstić information content (AvgIpc) is 3.51. The number of aryl methyl sites for hydroxylation is 1. The van der Waals surface area contributed by atoms with Crippen LogP contribution in [-0.2, 0) is 11.8 Å². The van der Waals surface area contributed by atoms with Crippen LogP contribution in [0.5, 0.6) is 0 Å². The summed E-state index contributed by atoms with van der Waals surface area (Å²) < 4.78 is 16.2.